The monoisotopic (exact) mass is 294 g/mol. The summed E-state index contributed by atoms with van der Waals surface area (Å²) in [6.45, 7) is 4.05. The topological polar surface area (TPSA) is 94.5 Å². The molecule has 2 aromatic rings. The van der Waals surface area contributed by atoms with Crippen molar-refractivity contribution in [1.82, 2.24) is 4.98 Å². The minimum Gasteiger partial charge on any atom is -0.397 e. The van der Waals surface area contributed by atoms with Crippen molar-refractivity contribution in [2.24, 2.45) is 5.73 Å². The first-order chi connectivity index (χ1) is 9.54. The second-order valence-corrected chi connectivity index (χ2v) is 5.35. The Balaban J connectivity index is 2.27. The lowest BCUT2D eigenvalue weighted by Gasteiger charge is -2.17. The highest BCUT2D eigenvalue weighted by molar-refractivity contribution is 7.21. The third-order valence-electron chi connectivity index (χ3n) is 2.97. The van der Waals surface area contributed by atoms with Crippen LogP contribution in [0.5, 0.6) is 0 Å². The van der Waals surface area contributed by atoms with Gasteiger partial charge in [0.25, 0.3) is 5.91 Å². The Morgan fingerprint density at radius 2 is 2.25 bits per heavy atom. The van der Waals surface area contributed by atoms with E-state index in [1.165, 1.54) is 11.3 Å². The lowest BCUT2D eigenvalue weighted by molar-refractivity contribution is 0.100. The standard InChI is InChI=1S/C13H18N4O2S/c1-3-19-7-6-17(2)9-5-4-8-10(14)11(12(15)18)20-13(8)16-9/h4-5H,3,6-7,14H2,1-2H3,(H2,15,18). The molecule has 0 saturated carbocycles. The van der Waals surface area contributed by atoms with Crippen molar-refractivity contribution in [3.63, 3.8) is 0 Å². The molecule has 0 spiro atoms. The Bertz CT molecular complexity index is 626. The summed E-state index contributed by atoms with van der Waals surface area (Å²) in [6, 6.07) is 3.75. The molecule has 0 aromatic carbocycles. The number of amides is 1. The van der Waals surface area contributed by atoms with E-state index in [9.17, 15) is 4.79 Å². The summed E-state index contributed by atoms with van der Waals surface area (Å²) < 4.78 is 5.32. The van der Waals surface area contributed by atoms with Crippen molar-refractivity contribution in [3.8, 4) is 0 Å². The molecule has 108 valence electrons. The largest absolute Gasteiger partial charge is 0.397 e. The highest BCUT2D eigenvalue weighted by Crippen LogP contribution is 2.33. The van der Waals surface area contributed by atoms with Gasteiger partial charge < -0.3 is 21.1 Å². The summed E-state index contributed by atoms with van der Waals surface area (Å²) in [7, 11) is 1.94. The van der Waals surface area contributed by atoms with Crippen LogP contribution >= 0.6 is 11.3 Å². The molecule has 2 rings (SSSR count). The van der Waals surface area contributed by atoms with Crippen LogP contribution in [0.1, 0.15) is 16.6 Å². The number of thiophene rings is 1. The van der Waals surface area contributed by atoms with Gasteiger partial charge in [0.1, 0.15) is 15.5 Å². The molecule has 0 unspecified atom stereocenters. The average Bonchev–Trinajstić information content (AvgIpc) is 2.76. The fourth-order valence-corrected chi connectivity index (χ4v) is 2.78. The Kier molecular flexibility index (Phi) is 4.41. The Labute approximate surface area is 121 Å². The predicted molar refractivity (Wildman–Crippen MR) is 82.3 cm³/mol. The minimum atomic E-state index is -0.517. The van der Waals surface area contributed by atoms with Crippen LogP contribution in [0, 0.1) is 0 Å². The van der Waals surface area contributed by atoms with Crippen molar-refractivity contribution in [3.05, 3.63) is 17.0 Å². The van der Waals surface area contributed by atoms with Gasteiger partial charge in [-0.05, 0) is 19.1 Å². The molecule has 0 atom stereocenters. The number of nitrogens with zero attached hydrogens (tertiary/aromatic N) is 2. The minimum absolute atomic E-state index is 0.363. The Morgan fingerprint density at radius 3 is 2.90 bits per heavy atom. The summed E-state index contributed by atoms with van der Waals surface area (Å²) in [6.07, 6.45) is 0. The first kappa shape index (κ1) is 14.5. The van der Waals surface area contributed by atoms with Gasteiger partial charge >= 0.3 is 0 Å². The van der Waals surface area contributed by atoms with Crippen LogP contribution in [-0.4, -0.2) is 37.7 Å². The van der Waals surface area contributed by atoms with Gasteiger partial charge in [0.2, 0.25) is 0 Å². The fraction of sp³-hybridized carbons (Fsp3) is 0.385. The summed E-state index contributed by atoms with van der Waals surface area (Å²) in [5.74, 6) is 0.297. The highest BCUT2D eigenvalue weighted by atomic mass is 32.1. The first-order valence-corrected chi connectivity index (χ1v) is 7.14. The number of nitrogen functional groups attached to an aromatic ring is 1. The number of hydrogen-bond acceptors (Lipinski definition) is 6. The van der Waals surface area contributed by atoms with Gasteiger partial charge in [-0.15, -0.1) is 11.3 Å². The maximum Gasteiger partial charge on any atom is 0.260 e. The second kappa shape index (κ2) is 6.06. The number of pyridine rings is 1. The molecule has 2 aromatic heterocycles. The quantitative estimate of drug-likeness (QED) is 0.786. The van der Waals surface area contributed by atoms with E-state index in [4.69, 9.17) is 16.2 Å². The van der Waals surface area contributed by atoms with E-state index in [-0.39, 0.29) is 0 Å². The fourth-order valence-electron chi connectivity index (χ4n) is 1.84. The number of aromatic nitrogens is 1. The predicted octanol–water partition coefficient (Wildman–Crippen LogP) is 1.45. The number of likely N-dealkylation sites (N-methyl/N-ethyl adjacent to an activating group) is 1. The third-order valence-corrected chi connectivity index (χ3v) is 4.10. The molecular weight excluding hydrogens is 276 g/mol. The van der Waals surface area contributed by atoms with E-state index in [2.05, 4.69) is 4.98 Å². The molecule has 0 aliphatic heterocycles. The number of carbonyl (C=O) groups excluding carboxylic acids is 1. The molecule has 4 N–H and O–H groups in total. The summed E-state index contributed by atoms with van der Waals surface area (Å²) in [5, 5.41) is 0.769. The molecule has 1 amide bonds. The van der Waals surface area contributed by atoms with Crippen molar-refractivity contribution in [2.45, 2.75) is 6.92 Å². The molecule has 20 heavy (non-hydrogen) atoms. The van der Waals surface area contributed by atoms with Crippen LogP contribution < -0.4 is 16.4 Å². The molecule has 7 heteroatoms. The number of primary amides is 1. The van der Waals surface area contributed by atoms with Gasteiger partial charge in [0.05, 0.1) is 12.3 Å². The van der Waals surface area contributed by atoms with Gasteiger partial charge in [0, 0.05) is 25.6 Å². The van der Waals surface area contributed by atoms with Gasteiger partial charge in [-0.25, -0.2) is 4.98 Å². The van der Waals surface area contributed by atoms with Crippen molar-refractivity contribution < 1.29 is 9.53 Å². The van der Waals surface area contributed by atoms with Crippen LogP contribution in [0.4, 0.5) is 11.5 Å². The van der Waals surface area contributed by atoms with E-state index < -0.39 is 5.91 Å². The average molecular weight is 294 g/mol. The molecule has 6 nitrogen and oxygen atoms in total. The normalized spacial score (nSPS) is 10.9. The number of fused-ring (bicyclic) bond motifs is 1. The van der Waals surface area contributed by atoms with Gasteiger partial charge in [-0.2, -0.15) is 0 Å². The number of carbonyl (C=O) groups is 1. The molecule has 0 aliphatic rings. The lowest BCUT2D eigenvalue weighted by atomic mass is 10.2. The van der Waals surface area contributed by atoms with Crippen LogP contribution in [-0.2, 0) is 4.74 Å². The smallest absolute Gasteiger partial charge is 0.260 e. The van der Waals surface area contributed by atoms with E-state index in [1.54, 1.807) is 0 Å². The van der Waals surface area contributed by atoms with Crippen LogP contribution in [0.2, 0.25) is 0 Å². The second-order valence-electron chi connectivity index (χ2n) is 4.35. The van der Waals surface area contributed by atoms with Gasteiger partial charge in [-0.1, -0.05) is 0 Å². The molecule has 0 fully saturated rings. The number of ether oxygens (including phenoxy) is 1. The Hall–Kier alpha value is -1.86. The first-order valence-electron chi connectivity index (χ1n) is 6.32. The van der Waals surface area contributed by atoms with Crippen LogP contribution in [0.15, 0.2) is 12.1 Å². The number of hydrogen-bond donors (Lipinski definition) is 2. The SMILES string of the molecule is CCOCCN(C)c1ccc2c(N)c(C(N)=O)sc2n1. The van der Waals surface area contributed by atoms with E-state index >= 15 is 0 Å². The van der Waals surface area contributed by atoms with Crippen molar-refractivity contribution in [1.29, 1.82) is 0 Å². The molecule has 0 aliphatic carbocycles. The molecule has 0 radical (unpaired) electrons. The van der Waals surface area contributed by atoms with Crippen molar-refractivity contribution in [2.75, 3.05) is 37.4 Å². The lowest BCUT2D eigenvalue weighted by Crippen LogP contribution is -2.23. The number of rotatable bonds is 6. The molecule has 0 saturated heterocycles. The van der Waals surface area contributed by atoms with E-state index in [0.29, 0.717) is 23.8 Å². The highest BCUT2D eigenvalue weighted by Gasteiger charge is 2.15. The zero-order valence-electron chi connectivity index (χ0n) is 11.5. The maximum absolute atomic E-state index is 11.3. The van der Waals surface area contributed by atoms with Crippen LogP contribution in [0.25, 0.3) is 10.2 Å². The number of anilines is 2. The summed E-state index contributed by atoms with van der Waals surface area (Å²) >= 11 is 1.22. The summed E-state index contributed by atoms with van der Waals surface area (Å²) in [5.41, 5.74) is 11.6. The van der Waals surface area contributed by atoms with Crippen molar-refractivity contribution >= 4 is 39.0 Å². The van der Waals surface area contributed by atoms with E-state index in [1.807, 2.05) is 31.0 Å². The number of nitrogens with two attached hydrogens (primary N) is 2. The zero-order chi connectivity index (χ0) is 14.7. The maximum atomic E-state index is 11.3. The molecule has 2 heterocycles. The Morgan fingerprint density at radius 1 is 1.50 bits per heavy atom. The summed E-state index contributed by atoms with van der Waals surface area (Å²) in [4.78, 5) is 18.9. The van der Waals surface area contributed by atoms with E-state index in [0.717, 1.165) is 22.6 Å². The third kappa shape index (κ3) is 2.83. The van der Waals surface area contributed by atoms with Gasteiger partial charge in [0.15, 0.2) is 0 Å². The van der Waals surface area contributed by atoms with Gasteiger partial charge in [-0.3, -0.25) is 4.79 Å². The molecule has 0 bridgehead atoms. The molecular formula is C13H18N4O2S. The van der Waals surface area contributed by atoms with Crippen LogP contribution in [0.3, 0.4) is 0 Å². The zero-order valence-corrected chi connectivity index (χ0v) is 12.4.